The summed E-state index contributed by atoms with van der Waals surface area (Å²) in [5, 5.41) is 5.93. The first-order valence-corrected chi connectivity index (χ1v) is 6.09. The van der Waals surface area contributed by atoms with Crippen LogP contribution in [0.1, 0.15) is 11.3 Å². The first kappa shape index (κ1) is 10.9. The monoisotopic (exact) mass is 237 g/mol. The summed E-state index contributed by atoms with van der Waals surface area (Å²) in [6.45, 7) is 2.77. The predicted octanol–water partition coefficient (Wildman–Crippen LogP) is 4.35. The van der Waals surface area contributed by atoms with E-state index >= 15 is 0 Å². The van der Waals surface area contributed by atoms with Crippen LogP contribution >= 0.6 is 0 Å². The Morgan fingerprint density at radius 3 is 2.67 bits per heavy atom. The Kier molecular flexibility index (Phi) is 2.77. The molecule has 1 aromatic heterocycles. The topological polar surface area (TPSA) is 25.2 Å². The molecule has 0 aliphatic rings. The summed E-state index contributed by atoms with van der Waals surface area (Å²) in [7, 11) is 0. The zero-order valence-corrected chi connectivity index (χ0v) is 10.3. The molecule has 0 saturated carbocycles. The molecule has 0 saturated heterocycles. The van der Waals surface area contributed by atoms with E-state index < -0.39 is 0 Å². The molecule has 2 aromatic carbocycles. The van der Waals surface area contributed by atoms with E-state index in [1.54, 1.807) is 6.26 Å². The van der Waals surface area contributed by atoms with Gasteiger partial charge in [-0.1, -0.05) is 36.4 Å². The predicted molar refractivity (Wildman–Crippen MR) is 74.7 cm³/mol. The van der Waals surface area contributed by atoms with Crippen molar-refractivity contribution in [3.05, 3.63) is 66.1 Å². The van der Waals surface area contributed by atoms with E-state index in [0.717, 1.165) is 11.4 Å². The SMILES string of the molecule is Cc1ccoc1CNc1cccc2ccccc12. The standard InChI is InChI=1S/C16H15NO/c1-12-9-10-18-16(12)11-17-15-8-4-6-13-5-2-3-7-14(13)15/h2-10,17H,11H2,1H3. The molecule has 3 aromatic rings. The summed E-state index contributed by atoms with van der Waals surface area (Å²) >= 11 is 0. The van der Waals surface area contributed by atoms with Gasteiger partial charge in [0.25, 0.3) is 0 Å². The van der Waals surface area contributed by atoms with Crippen LogP contribution in [0.4, 0.5) is 5.69 Å². The number of benzene rings is 2. The van der Waals surface area contributed by atoms with E-state index in [1.165, 1.54) is 16.3 Å². The van der Waals surface area contributed by atoms with Crippen molar-refractivity contribution < 1.29 is 4.42 Å². The van der Waals surface area contributed by atoms with E-state index in [1.807, 2.05) is 6.07 Å². The lowest BCUT2D eigenvalue weighted by molar-refractivity contribution is 0.515. The van der Waals surface area contributed by atoms with Crippen LogP contribution in [-0.2, 0) is 6.54 Å². The molecule has 0 radical (unpaired) electrons. The molecule has 90 valence electrons. The third-order valence-electron chi connectivity index (χ3n) is 3.20. The number of rotatable bonds is 3. The maximum Gasteiger partial charge on any atom is 0.125 e. The highest BCUT2D eigenvalue weighted by molar-refractivity contribution is 5.93. The number of furan rings is 1. The molecule has 0 bridgehead atoms. The highest BCUT2D eigenvalue weighted by Crippen LogP contribution is 2.23. The summed E-state index contributed by atoms with van der Waals surface area (Å²) in [6, 6.07) is 16.7. The minimum atomic E-state index is 0.715. The van der Waals surface area contributed by atoms with Gasteiger partial charge in [0, 0.05) is 11.1 Å². The van der Waals surface area contributed by atoms with Gasteiger partial charge >= 0.3 is 0 Å². The molecule has 2 nitrogen and oxygen atoms in total. The van der Waals surface area contributed by atoms with Crippen LogP contribution in [0.3, 0.4) is 0 Å². The quantitative estimate of drug-likeness (QED) is 0.732. The minimum Gasteiger partial charge on any atom is -0.467 e. The summed E-state index contributed by atoms with van der Waals surface area (Å²) in [5.41, 5.74) is 2.33. The van der Waals surface area contributed by atoms with Crippen LogP contribution < -0.4 is 5.32 Å². The average molecular weight is 237 g/mol. The summed E-state index contributed by atoms with van der Waals surface area (Å²) in [5.74, 6) is 0.989. The Morgan fingerprint density at radius 1 is 1.00 bits per heavy atom. The molecule has 0 aliphatic heterocycles. The molecule has 0 fully saturated rings. The van der Waals surface area contributed by atoms with Crippen molar-refractivity contribution in [1.82, 2.24) is 0 Å². The molecule has 0 atom stereocenters. The Labute approximate surface area is 106 Å². The molecular formula is C16H15NO. The lowest BCUT2D eigenvalue weighted by Gasteiger charge is -2.08. The van der Waals surface area contributed by atoms with Gasteiger partial charge in [0.15, 0.2) is 0 Å². The Bertz CT molecular complexity index is 664. The van der Waals surface area contributed by atoms with Gasteiger partial charge in [-0.15, -0.1) is 0 Å². The third-order valence-corrected chi connectivity index (χ3v) is 3.20. The average Bonchev–Trinajstić information content (AvgIpc) is 2.82. The van der Waals surface area contributed by atoms with Crippen LogP contribution in [0, 0.1) is 6.92 Å². The number of hydrogen-bond acceptors (Lipinski definition) is 2. The number of nitrogens with one attached hydrogen (secondary N) is 1. The lowest BCUT2D eigenvalue weighted by atomic mass is 10.1. The van der Waals surface area contributed by atoms with Gasteiger partial charge in [-0.2, -0.15) is 0 Å². The summed E-state index contributed by atoms with van der Waals surface area (Å²) in [4.78, 5) is 0. The van der Waals surface area contributed by atoms with Crippen molar-refractivity contribution in [3.8, 4) is 0 Å². The van der Waals surface area contributed by atoms with Gasteiger partial charge in [0.2, 0.25) is 0 Å². The number of hydrogen-bond donors (Lipinski definition) is 1. The Balaban J connectivity index is 1.89. The van der Waals surface area contributed by atoms with Crippen molar-refractivity contribution >= 4 is 16.5 Å². The maximum atomic E-state index is 5.44. The molecular weight excluding hydrogens is 222 g/mol. The molecule has 2 heteroatoms. The highest BCUT2D eigenvalue weighted by Gasteiger charge is 2.03. The molecule has 18 heavy (non-hydrogen) atoms. The van der Waals surface area contributed by atoms with Crippen molar-refractivity contribution in [2.45, 2.75) is 13.5 Å². The minimum absolute atomic E-state index is 0.715. The van der Waals surface area contributed by atoms with E-state index in [4.69, 9.17) is 4.42 Å². The molecule has 3 rings (SSSR count). The van der Waals surface area contributed by atoms with Gasteiger partial charge in [0.1, 0.15) is 5.76 Å². The second-order valence-corrected chi connectivity index (χ2v) is 4.41. The fourth-order valence-corrected chi connectivity index (χ4v) is 2.14. The maximum absolute atomic E-state index is 5.44. The van der Waals surface area contributed by atoms with E-state index in [0.29, 0.717) is 6.54 Å². The van der Waals surface area contributed by atoms with Crippen molar-refractivity contribution in [2.75, 3.05) is 5.32 Å². The smallest absolute Gasteiger partial charge is 0.125 e. The first-order chi connectivity index (χ1) is 8.84. The Hall–Kier alpha value is -2.22. The van der Waals surface area contributed by atoms with E-state index in [9.17, 15) is 0 Å². The fraction of sp³-hybridized carbons (Fsp3) is 0.125. The van der Waals surface area contributed by atoms with Crippen LogP contribution in [-0.4, -0.2) is 0 Å². The number of fused-ring (bicyclic) bond motifs is 1. The largest absolute Gasteiger partial charge is 0.467 e. The number of anilines is 1. The zero-order valence-electron chi connectivity index (χ0n) is 10.3. The summed E-state index contributed by atoms with van der Waals surface area (Å²) < 4.78 is 5.44. The Morgan fingerprint density at radius 2 is 1.83 bits per heavy atom. The van der Waals surface area contributed by atoms with Crippen LogP contribution in [0.25, 0.3) is 10.8 Å². The zero-order chi connectivity index (χ0) is 12.4. The molecule has 1 heterocycles. The van der Waals surface area contributed by atoms with Crippen LogP contribution in [0.2, 0.25) is 0 Å². The van der Waals surface area contributed by atoms with Crippen LogP contribution in [0.5, 0.6) is 0 Å². The second kappa shape index (κ2) is 4.57. The summed E-state index contributed by atoms with van der Waals surface area (Å²) in [6.07, 6.45) is 1.73. The van der Waals surface area contributed by atoms with Gasteiger partial charge in [-0.3, -0.25) is 0 Å². The second-order valence-electron chi connectivity index (χ2n) is 4.41. The molecule has 0 aliphatic carbocycles. The van der Waals surface area contributed by atoms with Crippen molar-refractivity contribution in [3.63, 3.8) is 0 Å². The fourth-order valence-electron chi connectivity index (χ4n) is 2.14. The van der Waals surface area contributed by atoms with Gasteiger partial charge in [-0.05, 0) is 30.0 Å². The molecule has 1 N–H and O–H groups in total. The third kappa shape index (κ3) is 1.97. The van der Waals surface area contributed by atoms with Crippen LogP contribution in [0.15, 0.2) is 59.2 Å². The van der Waals surface area contributed by atoms with E-state index in [-0.39, 0.29) is 0 Å². The first-order valence-electron chi connectivity index (χ1n) is 6.09. The van der Waals surface area contributed by atoms with Gasteiger partial charge in [-0.25, -0.2) is 0 Å². The van der Waals surface area contributed by atoms with Gasteiger partial charge in [0.05, 0.1) is 12.8 Å². The van der Waals surface area contributed by atoms with Gasteiger partial charge < -0.3 is 9.73 Å². The molecule has 0 unspecified atom stereocenters. The molecule has 0 spiro atoms. The lowest BCUT2D eigenvalue weighted by Crippen LogP contribution is -1.99. The molecule has 0 amide bonds. The van der Waals surface area contributed by atoms with Crippen molar-refractivity contribution in [2.24, 2.45) is 0 Å². The van der Waals surface area contributed by atoms with Crippen molar-refractivity contribution in [1.29, 1.82) is 0 Å². The normalized spacial score (nSPS) is 10.7. The number of aryl methyl sites for hydroxylation is 1. The highest BCUT2D eigenvalue weighted by atomic mass is 16.3. The van der Waals surface area contributed by atoms with E-state index in [2.05, 4.69) is 54.7 Å².